The smallest absolute Gasteiger partial charge is 0.304 e. The van der Waals surface area contributed by atoms with Crippen LogP contribution in [0.25, 0.3) is 0 Å². The molecule has 0 aromatic heterocycles. The summed E-state index contributed by atoms with van der Waals surface area (Å²) in [6.45, 7) is 2.93. The van der Waals surface area contributed by atoms with Gasteiger partial charge in [-0.3, -0.25) is 9.59 Å². The van der Waals surface area contributed by atoms with Crippen molar-refractivity contribution in [2.24, 2.45) is 11.8 Å². The largest absolute Gasteiger partial charge is 0.481 e. The molecule has 0 radical (unpaired) electrons. The van der Waals surface area contributed by atoms with Crippen LogP contribution >= 0.6 is 21.6 Å². The van der Waals surface area contributed by atoms with Crippen molar-refractivity contribution in [3.8, 4) is 0 Å². The summed E-state index contributed by atoms with van der Waals surface area (Å²) in [6, 6.07) is 0. The standard InChI is InChI=1S/C13H23NO3S2/c1-10-2-4-11(5-3-10)13(17)14-7-9-19-18-8-6-12(15)16/h10-11H,2-9H2,1H3,(H,14,17)(H,15,16). The summed E-state index contributed by atoms with van der Waals surface area (Å²) < 4.78 is 0. The van der Waals surface area contributed by atoms with E-state index in [1.54, 1.807) is 21.6 Å². The van der Waals surface area contributed by atoms with Crippen LogP contribution in [0.3, 0.4) is 0 Å². The number of amides is 1. The van der Waals surface area contributed by atoms with Crippen molar-refractivity contribution in [3.05, 3.63) is 0 Å². The molecule has 0 aliphatic heterocycles. The highest BCUT2D eigenvalue weighted by molar-refractivity contribution is 8.76. The molecule has 6 heteroatoms. The lowest BCUT2D eigenvalue weighted by Crippen LogP contribution is -2.34. The minimum atomic E-state index is -0.757. The first-order valence-electron chi connectivity index (χ1n) is 6.83. The molecule has 2 N–H and O–H groups in total. The fourth-order valence-corrected chi connectivity index (χ4v) is 4.02. The van der Waals surface area contributed by atoms with E-state index in [-0.39, 0.29) is 18.2 Å². The number of carbonyl (C=O) groups is 2. The van der Waals surface area contributed by atoms with Gasteiger partial charge in [-0.2, -0.15) is 0 Å². The van der Waals surface area contributed by atoms with E-state index in [2.05, 4.69) is 12.2 Å². The van der Waals surface area contributed by atoms with Crippen LogP contribution in [0.5, 0.6) is 0 Å². The first kappa shape index (κ1) is 16.7. The molecule has 0 unspecified atom stereocenters. The summed E-state index contributed by atoms with van der Waals surface area (Å²) in [7, 11) is 3.18. The first-order valence-corrected chi connectivity index (χ1v) is 9.32. The fraction of sp³-hybridized carbons (Fsp3) is 0.846. The van der Waals surface area contributed by atoms with Gasteiger partial charge < -0.3 is 10.4 Å². The molecule has 1 aliphatic rings. The molecule has 0 spiro atoms. The molecule has 19 heavy (non-hydrogen) atoms. The van der Waals surface area contributed by atoms with Crippen LogP contribution in [-0.2, 0) is 9.59 Å². The van der Waals surface area contributed by atoms with E-state index in [4.69, 9.17) is 5.11 Å². The Hall–Kier alpha value is -0.360. The van der Waals surface area contributed by atoms with Crippen LogP contribution in [0.4, 0.5) is 0 Å². The zero-order valence-electron chi connectivity index (χ0n) is 11.4. The highest BCUT2D eigenvalue weighted by atomic mass is 33.1. The molecule has 1 aliphatic carbocycles. The molecule has 1 amide bonds. The number of nitrogens with one attached hydrogen (secondary N) is 1. The van der Waals surface area contributed by atoms with Gasteiger partial charge in [0.05, 0.1) is 6.42 Å². The maximum Gasteiger partial charge on any atom is 0.304 e. The minimum Gasteiger partial charge on any atom is -0.481 e. The molecular formula is C13H23NO3S2. The molecule has 0 bridgehead atoms. The van der Waals surface area contributed by atoms with Crippen molar-refractivity contribution in [3.63, 3.8) is 0 Å². The third kappa shape index (κ3) is 7.72. The van der Waals surface area contributed by atoms with Gasteiger partial charge >= 0.3 is 5.97 Å². The van der Waals surface area contributed by atoms with E-state index in [1.807, 2.05) is 0 Å². The lowest BCUT2D eigenvalue weighted by Gasteiger charge is -2.25. The molecule has 0 atom stereocenters. The molecule has 0 saturated heterocycles. The summed E-state index contributed by atoms with van der Waals surface area (Å²) in [6.07, 6.45) is 4.57. The van der Waals surface area contributed by atoms with E-state index in [0.717, 1.165) is 37.4 Å². The van der Waals surface area contributed by atoms with Crippen molar-refractivity contribution in [1.29, 1.82) is 0 Å². The number of hydrogen-bond donors (Lipinski definition) is 2. The predicted molar refractivity (Wildman–Crippen MR) is 81.3 cm³/mol. The summed E-state index contributed by atoms with van der Waals surface area (Å²) >= 11 is 0. The molecular weight excluding hydrogens is 282 g/mol. The number of carbonyl (C=O) groups excluding carboxylic acids is 1. The van der Waals surface area contributed by atoms with Crippen LogP contribution in [0.15, 0.2) is 0 Å². The van der Waals surface area contributed by atoms with Gasteiger partial charge in [0.25, 0.3) is 0 Å². The Balaban J connectivity index is 1.97. The highest BCUT2D eigenvalue weighted by Gasteiger charge is 2.23. The topological polar surface area (TPSA) is 66.4 Å². The predicted octanol–water partition coefficient (Wildman–Crippen LogP) is 2.79. The van der Waals surface area contributed by atoms with Gasteiger partial charge in [0, 0.05) is 24.0 Å². The van der Waals surface area contributed by atoms with Gasteiger partial charge in [-0.05, 0) is 31.6 Å². The van der Waals surface area contributed by atoms with E-state index in [9.17, 15) is 9.59 Å². The minimum absolute atomic E-state index is 0.197. The molecule has 4 nitrogen and oxygen atoms in total. The zero-order valence-corrected chi connectivity index (χ0v) is 13.0. The van der Waals surface area contributed by atoms with Crippen molar-refractivity contribution in [2.75, 3.05) is 18.1 Å². The van der Waals surface area contributed by atoms with Crippen LogP contribution in [0.1, 0.15) is 39.0 Å². The van der Waals surface area contributed by atoms with Gasteiger partial charge in [-0.15, -0.1) is 0 Å². The van der Waals surface area contributed by atoms with Crippen LogP contribution < -0.4 is 5.32 Å². The fourth-order valence-electron chi connectivity index (χ4n) is 2.13. The third-order valence-corrected chi connectivity index (χ3v) is 5.76. The van der Waals surface area contributed by atoms with Crippen LogP contribution in [0.2, 0.25) is 0 Å². The Labute approximate surface area is 122 Å². The van der Waals surface area contributed by atoms with E-state index in [1.165, 1.54) is 0 Å². The second-order valence-corrected chi connectivity index (χ2v) is 7.74. The van der Waals surface area contributed by atoms with E-state index >= 15 is 0 Å². The highest BCUT2D eigenvalue weighted by Crippen LogP contribution is 2.28. The van der Waals surface area contributed by atoms with Gasteiger partial charge in [0.2, 0.25) is 5.91 Å². The van der Waals surface area contributed by atoms with Gasteiger partial charge in [0.1, 0.15) is 0 Å². The molecule has 1 fully saturated rings. The number of carboxylic acid groups (broad SMARTS) is 1. The van der Waals surface area contributed by atoms with Crippen LogP contribution in [-0.4, -0.2) is 35.0 Å². The quantitative estimate of drug-likeness (QED) is 0.533. The summed E-state index contributed by atoms with van der Waals surface area (Å²) in [5, 5.41) is 11.4. The maximum absolute atomic E-state index is 11.9. The number of aliphatic carboxylic acids is 1. The second-order valence-electron chi connectivity index (χ2n) is 5.04. The van der Waals surface area contributed by atoms with Crippen molar-refractivity contribution >= 4 is 33.5 Å². The molecule has 1 saturated carbocycles. The van der Waals surface area contributed by atoms with Crippen molar-refractivity contribution < 1.29 is 14.7 Å². The SMILES string of the molecule is CC1CCC(C(=O)NCCSSCCC(=O)O)CC1. The average Bonchev–Trinajstić information content (AvgIpc) is 2.38. The molecule has 0 aromatic rings. The second kappa shape index (κ2) is 9.53. The number of hydrogen-bond acceptors (Lipinski definition) is 4. The summed E-state index contributed by atoms with van der Waals surface area (Å²) in [5.41, 5.74) is 0. The average molecular weight is 305 g/mol. The Kier molecular flexibility index (Phi) is 8.37. The monoisotopic (exact) mass is 305 g/mol. The Bertz CT molecular complexity index is 292. The van der Waals surface area contributed by atoms with Gasteiger partial charge in [-0.1, -0.05) is 28.5 Å². The van der Waals surface area contributed by atoms with Crippen molar-refractivity contribution in [2.45, 2.75) is 39.0 Å². The number of carboxylic acids is 1. The Morgan fingerprint density at radius 1 is 1.16 bits per heavy atom. The molecule has 0 heterocycles. The summed E-state index contributed by atoms with van der Waals surface area (Å²) in [4.78, 5) is 22.2. The van der Waals surface area contributed by atoms with E-state index < -0.39 is 5.97 Å². The van der Waals surface area contributed by atoms with Gasteiger partial charge in [-0.25, -0.2) is 0 Å². The lowest BCUT2D eigenvalue weighted by atomic mass is 9.82. The molecule has 0 aromatic carbocycles. The van der Waals surface area contributed by atoms with Crippen LogP contribution in [0, 0.1) is 11.8 Å². The van der Waals surface area contributed by atoms with Crippen molar-refractivity contribution in [1.82, 2.24) is 5.32 Å². The normalized spacial score (nSPS) is 23.0. The zero-order chi connectivity index (χ0) is 14.1. The van der Waals surface area contributed by atoms with Gasteiger partial charge in [0.15, 0.2) is 0 Å². The third-order valence-electron chi connectivity index (χ3n) is 3.35. The lowest BCUT2D eigenvalue weighted by molar-refractivity contribution is -0.136. The molecule has 1 rings (SSSR count). The molecule has 110 valence electrons. The van der Waals surface area contributed by atoms with E-state index in [0.29, 0.717) is 12.3 Å². The number of rotatable bonds is 8. The first-order chi connectivity index (χ1) is 9.09. The summed E-state index contributed by atoms with van der Waals surface area (Å²) in [5.74, 6) is 1.87. The maximum atomic E-state index is 11.9. The Morgan fingerprint density at radius 2 is 1.79 bits per heavy atom. The Morgan fingerprint density at radius 3 is 2.42 bits per heavy atom.